The number of carbonyl (C=O) groups is 1. The Labute approximate surface area is 174 Å². The van der Waals surface area contributed by atoms with Crippen molar-refractivity contribution in [3.05, 3.63) is 24.3 Å². The number of ether oxygens (including phenoxy) is 1. The SMILES string of the molecule is CCCCCC=CCC=CCCCCCCCC(=O)OC(C)CN1CCCC1. The van der Waals surface area contributed by atoms with Gasteiger partial charge in [0, 0.05) is 13.0 Å². The topological polar surface area (TPSA) is 29.5 Å². The van der Waals surface area contributed by atoms with E-state index in [0.29, 0.717) is 6.42 Å². The second-order valence-corrected chi connectivity index (χ2v) is 8.29. The van der Waals surface area contributed by atoms with Gasteiger partial charge >= 0.3 is 5.97 Å². The maximum atomic E-state index is 11.9. The predicted octanol–water partition coefficient (Wildman–Crippen LogP) is 6.83. The molecule has 0 saturated carbocycles. The smallest absolute Gasteiger partial charge is 0.306 e. The molecule has 28 heavy (non-hydrogen) atoms. The molecule has 0 spiro atoms. The van der Waals surface area contributed by atoms with E-state index in [0.717, 1.165) is 38.9 Å². The van der Waals surface area contributed by atoms with Gasteiger partial charge in [-0.3, -0.25) is 9.69 Å². The summed E-state index contributed by atoms with van der Waals surface area (Å²) in [6, 6.07) is 0. The first-order chi connectivity index (χ1) is 13.7. The summed E-state index contributed by atoms with van der Waals surface area (Å²) in [5.74, 6) is -0.0163. The summed E-state index contributed by atoms with van der Waals surface area (Å²) >= 11 is 0. The Balaban J connectivity index is 1.85. The fraction of sp³-hybridized carbons (Fsp3) is 0.800. The lowest BCUT2D eigenvalue weighted by atomic mass is 10.1. The Morgan fingerprint density at radius 2 is 1.50 bits per heavy atom. The van der Waals surface area contributed by atoms with Crippen molar-refractivity contribution in [1.82, 2.24) is 4.90 Å². The number of likely N-dealkylation sites (tertiary alicyclic amines) is 1. The van der Waals surface area contributed by atoms with Crippen LogP contribution in [0.3, 0.4) is 0 Å². The third kappa shape index (κ3) is 14.9. The molecule has 3 heteroatoms. The Kier molecular flexibility index (Phi) is 16.0. The molecule has 0 aromatic heterocycles. The number of hydrogen-bond donors (Lipinski definition) is 0. The second kappa shape index (κ2) is 18.0. The highest BCUT2D eigenvalue weighted by molar-refractivity contribution is 5.69. The molecule has 0 amide bonds. The van der Waals surface area contributed by atoms with Crippen LogP contribution in [0.25, 0.3) is 0 Å². The van der Waals surface area contributed by atoms with E-state index in [2.05, 4.69) is 36.1 Å². The summed E-state index contributed by atoms with van der Waals surface area (Å²) in [5.41, 5.74) is 0. The summed E-state index contributed by atoms with van der Waals surface area (Å²) in [5, 5.41) is 0. The zero-order valence-electron chi connectivity index (χ0n) is 18.7. The molecule has 0 aromatic carbocycles. The van der Waals surface area contributed by atoms with Crippen LogP contribution in [-0.2, 0) is 9.53 Å². The molecule has 1 rings (SSSR count). The molecule has 1 atom stereocenters. The highest BCUT2D eigenvalue weighted by Crippen LogP contribution is 2.11. The standard InChI is InChI=1S/C25H45NO2/c1-3-4-5-6-7-8-9-10-11-12-13-14-15-16-17-20-25(27)28-24(2)23-26-21-18-19-22-26/h7-8,10-11,24H,3-6,9,12-23H2,1-2H3. The van der Waals surface area contributed by atoms with Gasteiger partial charge in [-0.1, -0.05) is 63.3 Å². The lowest BCUT2D eigenvalue weighted by Crippen LogP contribution is -2.31. The van der Waals surface area contributed by atoms with Crippen LogP contribution in [0.5, 0.6) is 0 Å². The fourth-order valence-corrected chi connectivity index (χ4v) is 3.73. The van der Waals surface area contributed by atoms with Crippen molar-refractivity contribution in [1.29, 1.82) is 0 Å². The highest BCUT2D eigenvalue weighted by atomic mass is 16.5. The quantitative estimate of drug-likeness (QED) is 0.155. The minimum Gasteiger partial charge on any atom is -0.461 e. The third-order valence-corrected chi connectivity index (χ3v) is 5.38. The van der Waals surface area contributed by atoms with Crippen molar-refractivity contribution in [2.24, 2.45) is 0 Å². The minimum absolute atomic E-state index is 0.0163. The van der Waals surface area contributed by atoms with Gasteiger partial charge in [0.1, 0.15) is 6.10 Å². The zero-order chi connectivity index (χ0) is 20.3. The van der Waals surface area contributed by atoms with Gasteiger partial charge in [-0.05, 0) is 71.4 Å². The van der Waals surface area contributed by atoms with Gasteiger partial charge in [0.2, 0.25) is 0 Å². The molecule has 1 aliphatic rings. The van der Waals surface area contributed by atoms with E-state index in [1.807, 2.05) is 6.92 Å². The lowest BCUT2D eigenvalue weighted by Gasteiger charge is -2.20. The van der Waals surface area contributed by atoms with Gasteiger partial charge in [-0.25, -0.2) is 0 Å². The molecule has 0 N–H and O–H groups in total. The van der Waals surface area contributed by atoms with Crippen molar-refractivity contribution in [2.45, 2.75) is 110 Å². The Morgan fingerprint density at radius 1 is 0.893 bits per heavy atom. The monoisotopic (exact) mass is 391 g/mol. The maximum absolute atomic E-state index is 11.9. The molecule has 0 bridgehead atoms. The molecule has 1 saturated heterocycles. The zero-order valence-corrected chi connectivity index (χ0v) is 18.7. The first-order valence-electron chi connectivity index (χ1n) is 11.9. The van der Waals surface area contributed by atoms with E-state index >= 15 is 0 Å². The van der Waals surface area contributed by atoms with Crippen LogP contribution in [0.1, 0.15) is 104 Å². The van der Waals surface area contributed by atoms with E-state index in [9.17, 15) is 4.79 Å². The van der Waals surface area contributed by atoms with Crippen LogP contribution in [0.4, 0.5) is 0 Å². The molecular weight excluding hydrogens is 346 g/mol. The summed E-state index contributed by atoms with van der Waals surface area (Å²) in [7, 11) is 0. The molecular formula is C25H45NO2. The van der Waals surface area contributed by atoms with Crippen molar-refractivity contribution in [3.8, 4) is 0 Å². The molecule has 0 aliphatic carbocycles. The summed E-state index contributed by atoms with van der Waals surface area (Å²) in [6.45, 7) is 7.48. The van der Waals surface area contributed by atoms with Gasteiger partial charge < -0.3 is 4.74 Å². The van der Waals surface area contributed by atoms with Crippen molar-refractivity contribution in [3.63, 3.8) is 0 Å². The van der Waals surface area contributed by atoms with E-state index in [-0.39, 0.29) is 12.1 Å². The summed E-state index contributed by atoms with van der Waals surface area (Å²) in [6.07, 6.45) is 25.7. The summed E-state index contributed by atoms with van der Waals surface area (Å²) < 4.78 is 5.54. The van der Waals surface area contributed by atoms with Crippen LogP contribution in [-0.4, -0.2) is 36.6 Å². The number of unbranched alkanes of at least 4 members (excludes halogenated alkanes) is 8. The van der Waals surface area contributed by atoms with Gasteiger partial charge in [-0.15, -0.1) is 0 Å². The van der Waals surface area contributed by atoms with E-state index in [1.54, 1.807) is 0 Å². The minimum atomic E-state index is -0.0163. The number of nitrogens with zero attached hydrogens (tertiary/aromatic N) is 1. The van der Waals surface area contributed by atoms with Gasteiger partial charge in [0.15, 0.2) is 0 Å². The van der Waals surface area contributed by atoms with Crippen molar-refractivity contribution in [2.75, 3.05) is 19.6 Å². The number of carbonyl (C=O) groups excluding carboxylic acids is 1. The van der Waals surface area contributed by atoms with Crippen LogP contribution in [0.2, 0.25) is 0 Å². The van der Waals surface area contributed by atoms with E-state index < -0.39 is 0 Å². The van der Waals surface area contributed by atoms with E-state index in [4.69, 9.17) is 4.74 Å². The average Bonchev–Trinajstić information content (AvgIpc) is 3.17. The molecule has 0 radical (unpaired) electrons. The van der Waals surface area contributed by atoms with Crippen LogP contribution in [0, 0.1) is 0 Å². The average molecular weight is 392 g/mol. The first-order valence-corrected chi connectivity index (χ1v) is 11.9. The number of rotatable bonds is 17. The molecule has 1 unspecified atom stereocenters. The predicted molar refractivity (Wildman–Crippen MR) is 121 cm³/mol. The van der Waals surface area contributed by atoms with Crippen LogP contribution >= 0.6 is 0 Å². The van der Waals surface area contributed by atoms with Gasteiger partial charge in [0.05, 0.1) is 0 Å². The fourth-order valence-electron chi connectivity index (χ4n) is 3.73. The number of esters is 1. The molecule has 3 nitrogen and oxygen atoms in total. The van der Waals surface area contributed by atoms with Crippen molar-refractivity contribution < 1.29 is 9.53 Å². The largest absolute Gasteiger partial charge is 0.461 e. The Hall–Kier alpha value is -1.09. The van der Waals surface area contributed by atoms with Crippen LogP contribution in [0.15, 0.2) is 24.3 Å². The van der Waals surface area contributed by atoms with Crippen LogP contribution < -0.4 is 0 Å². The Bertz CT molecular complexity index is 424. The lowest BCUT2D eigenvalue weighted by molar-refractivity contribution is -0.149. The normalized spacial score (nSPS) is 16.4. The van der Waals surface area contributed by atoms with E-state index in [1.165, 1.54) is 64.2 Å². The number of hydrogen-bond acceptors (Lipinski definition) is 3. The highest BCUT2D eigenvalue weighted by Gasteiger charge is 2.16. The molecule has 162 valence electrons. The van der Waals surface area contributed by atoms with Gasteiger partial charge in [0.25, 0.3) is 0 Å². The second-order valence-electron chi connectivity index (χ2n) is 8.29. The first kappa shape index (κ1) is 24.9. The third-order valence-electron chi connectivity index (χ3n) is 5.38. The molecule has 1 fully saturated rings. The number of allylic oxidation sites excluding steroid dienone is 4. The molecule has 1 heterocycles. The van der Waals surface area contributed by atoms with Crippen molar-refractivity contribution >= 4 is 5.97 Å². The molecule has 1 aliphatic heterocycles. The molecule has 0 aromatic rings. The maximum Gasteiger partial charge on any atom is 0.306 e. The van der Waals surface area contributed by atoms with Gasteiger partial charge in [-0.2, -0.15) is 0 Å². The Morgan fingerprint density at radius 3 is 2.18 bits per heavy atom. The summed E-state index contributed by atoms with van der Waals surface area (Å²) in [4.78, 5) is 14.3.